The van der Waals surface area contributed by atoms with E-state index in [0.29, 0.717) is 6.54 Å². The fourth-order valence-corrected chi connectivity index (χ4v) is 2.46. The first-order valence-corrected chi connectivity index (χ1v) is 6.71. The molecule has 2 nitrogen and oxygen atoms in total. The lowest BCUT2D eigenvalue weighted by molar-refractivity contribution is 0.401. The summed E-state index contributed by atoms with van der Waals surface area (Å²) in [5.41, 5.74) is 8.59. The van der Waals surface area contributed by atoms with Gasteiger partial charge >= 0.3 is 0 Å². The largest absolute Gasteiger partial charge is 0.378 e. The number of nitrogens with one attached hydrogen (secondary N) is 1. The molecule has 2 heteroatoms. The molecule has 0 aliphatic heterocycles. The van der Waals surface area contributed by atoms with E-state index in [4.69, 9.17) is 5.73 Å². The van der Waals surface area contributed by atoms with Crippen molar-refractivity contribution >= 4 is 5.69 Å². The van der Waals surface area contributed by atoms with E-state index < -0.39 is 0 Å². The number of benzene rings is 1. The fourth-order valence-electron chi connectivity index (χ4n) is 2.46. The van der Waals surface area contributed by atoms with Crippen molar-refractivity contribution in [3.8, 4) is 0 Å². The lowest BCUT2D eigenvalue weighted by Crippen LogP contribution is -2.45. The third-order valence-corrected chi connectivity index (χ3v) is 3.39. The molecule has 0 unspecified atom stereocenters. The Balaban J connectivity index is 2.88. The van der Waals surface area contributed by atoms with Gasteiger partial charge in [0, 0.05) is 17.8 Å². The highest BCUT2D eigenvalue weighted by atomic mass is 15.0. The molecule has 0 aliphatic carbocycles. The number of para-hydroxylation sites is 1. The van der Waals surface area contributed by atoms with Gasteiger partial charge in [0.2, 0.25) is 0 Å². The summed E-state index contributed by atoms with van der Waals surface area (Å²) < 4.78 is 0. The standard InChI is InChI=1S/C15H26N2/c1-4-10-15(12-16,11-5-2)17-14-9-7-6-8-13(14)3/h6-9,17H,4-5,10-12,16H2,1-3H3. The smallest absolute Gasteiger partial charge is 0.0495 e. The molecule has 0 saturated heterocycles. The third kappa shape index (κ3) is 3.74. The molecular formula is C15H26N2. The molecule has 0 amide bonds. The molecule has 0 bridgehead atoms. The van der Waals surface area contributed by atoms with Crippen LogP contribution >= 0.6 is 0 Å². The Morgan fingerprint density at radius 3 is 2.18 bits per heavy atom. The summed E-state index contributed by atoms with van der Waals surface area (Å²) in [5, 5.41) is 3.69. The van der Waals surface area contributed by atoms with Crippen LogP contribution in [0.1, 0.15) is 45.1 Å². The summed E-state index contributed by atoms with van der Waals surface area (Å²) in [4.78, 5) is 0. The van der Waals surface area contributed by atoms with Gasteiger partial charge in [-0.25, -0.2) is 0 Å². The Hall–Kier alpha value is -1.02. The van der Waals surface area contributed by atoms with Gasteiger partial charge in [-0.1, -0.05) is 44.9 Å². The number of nitrogens with two attached hydrogens (primary N) is 1. The van der Waals surface area contributed by atoms with Gasteiger partial charge in [-0.15, -0.1) is 0 Å². The van der Waals surface area contributed by atoms with Gasteiger partial charge in [0.05, 0.1) is 0 Å². The van der Waals surface area contributed by atoms with Crippen molar-refractivity contribution in [2.24, 2.45) is 5.73 Å². The van der Waals surface area contributed by atoms with Crippen LogP contribution in [0.15, 0.2) is 24.3 Å². The minimum absolute atomic E-state index is 0.0651. The van der Waals surface area contributed by atoms with Gasteiger partial charge < -0.3 is 11.1 Å². The number of aryl methyl sites for hydroxylation is 1. The van der Waals surface area contributed by atoms with E-state index in [1.54, 1.807) is 0 Å². The Bertz CT molecular complexity index is 327. The summed E-state index contributed by atoms with van der Waals surface area (Å²) in [7, 11) is 0. The molecule has 0 radical (unpaired) electrons. The van der Waals surface area contributed by atoms with E-state index >= 15 is 0 Å². The van der Waals surface area contributed by atoms with Crippen LogP contribution in [-0.2, 0) is 0 Å². The predicted molar refractivity (Wildman–Crippen MR) is 76.4 cm³/mol. The molecule has 0 spiro atoms. The summed E-state index contributed by atoms with van der Waals surface area (Å²) in [6, 6.07) is 8.44. The van der Waals surface area contributed by atoms with Crippen LogP contribution in [0.5, 0.6) is 0 Å². The van der Waals surface area contributed by atoms with E-state index in [1.165, 1.54) is 11.3 Å². The monoisotopic (exact) mass is 234 g/mol. The first-order chi connectivity index (χ1) is 8.17. The van der Waals surface area contributed by atoms with E-state index in [2.05, 4.69) is 50.4 Å². The predicted octanol–water partition coefficient (Wildman–Crippen LogP) is 3.70. The average Bonchev–Trinajstić information content (AvgIpc) is 2.33. The molecule has 3 N–H and O–H groups in total. The average molecular weight is 234 g/mol. The van der Waals surface area contributed by atoms with Crippen LogP contribution in [0, 0.1) is 6.92 Å². The molecular weight excluding hydrogens is 208 g/mol. The van der Waals surface area contributed by atoms with Gasteiger partial charge in [-0.2, -0.15) is 0 Å². The van der Waals surface area contributed by atoms with Crippen molar-refractivity contribution in [3.63, 3.8) is 0 Å². The summed E-state index contributed by atoms with van der Waals surface area (Å²) in [6.07, 6.45) is 4.59. The van der Waals surface area contributed by atoms with Crippen LogP contribution in [0.3, 0.4) is 0 Å². The molecule has 0 fully saturated rings. The molecule has 1 rings (SSSR count). The van der Waals surface area contributed by atoms with E-state index in [0.717, 1.165) is 25.7 Å². The van der Waals surface area contributed by atoms with Crippen molar-refractivity contribution in [2.75, 3.05) is 11.9 Å². The maximum absolute atomic E-state index is 6.02. The third-order valence-electron chi connectivity index (χ3n) is 3.39. The van der Waals surface area contributed by atoms with Crippen molar-refractivity contribution < 1.29 is 0 Å². The maximum Gasteiger partial charge on any atom is 0.0495 e. The minimum atomic E-state index is 0.0651. The first-order valence-electron chi connectivity index (χ1n) is 6.71. The molecule has 96 valence electrons. The van der Waals surface area contributed by atoms with Crippen LogP contribution in [-0.4, -0.2) is 12.1 Å². The SMILES string of the molecule is CCCC(CN)(CCC)Nc1ccccc1C. The van der Waals surface area contributed by atoms with Crippen molar-refractivity contribution in [2.45, 2.75) is 52.0 Å². The maximum atomic E-state index is 6.02. The fraction of sp³-hybridized carbons (Fsp3) is 0.600. The highest BCUT2D eigenvalue weighted by Crippen LogP contribution is 2.26. The topological polar surface area (TPSA) is 38.0 Å². The van der Waals surface area contributed by atoms with Gasteiger partial charge in [-0.3, -0.25) is 0 Å². The highest BCUT2D eigenvalue weighted by Gasteiger charge is 2.26. The van der Waals surface area contributed by atoms with Gasteiger partial charge in [0.15, 0.2) is 0 Å². The molecule has 17 heavy (non-hydrogen) atoms. The zero-order chi connectivity index (χ0) is 12.7. The lowest BCUT2D eigenvalue weighted by Gasteiger charge is -2.35. The van der Waals surface area contributed by atoms with Crippen LogP contribution in [0.25, 0.3) is 0 Å². The molecule has 1 aromatic rings. The lowest BCUT2D eigenvalue weighted by atomic mass is 9.88. The minimum Gasteiger partial charge on any atom is -0.378 e. The first kappa shape index (κ1) is 14.0. The number of hydrogen-bond acceptors (Lipinski definition) is 2. The van der Waals surface area contributed by atoms with Crippen molar-refractivity contribution in [3.05, 3.63) is 29.8 Å². The van der Waals surface area contributed by atoms with Crippen LogP contribution in [0.2, 0.25) is 0 Å². The number of rotatable bonds is 7. The van der Waals surface area contributed by atoms with Gasteiger partial charge in [-0.05, 0) is 31.4 Å². The normalized spacial score (nSPS) is 11.5. The van der Waals surface area contributed by atoms with Crippen LogP contribution < -0.4 is 11.1 Å². The molecule has 1 aromatic carbocycles. The zero-order valence-electron chi connectivity index (χ0n) is 11.4. The second-order valence-corrected chi connectivity index (χ2v) is 4.92. The van der Waals surface area contributed by atoms with Gasteiger partial charge in [0.25, 0.3) is 0 Å². The van der Waals surface area contributed by atoms with Crippen LogP contribution in [0.4, 0.5) is 5.69 Å². The summed E-state index contributed by atoms with van der Waals surface area (Å²) in [5.74, 6) is 0. The van der Waals surface area contributed by atoms with E-state index in [1.807, 2.05) is 0 Å². The van der Waals surface area contributed by atoms with Crippen molar-refractivity contribution in [1.29, 1.82) is 0 Å². The zero-order valence-corrected chi connectivity index (χ0v) is 11.4. The molecule has 0 aliphatic rings. The van der Waals surface area contributed by atoms with E-state index in [9.17, 15) is 0 Å². The summed E-state index contributed by atoms with van der Waals surface area (Å²) >= 11 is 0. The molecule has 0 heterocycles. The quantitative estimate of drug-likeness (QED) is 0.755. The Morgan fingerprint density at radius 1 is 1.12 bits per heavy atom. The Morgan fingerprint density at radius 2 is 1.71 bits per heavy atom. The number of anilines is 1. The molecule has 0 saturated carbocycles. The number of hydrogen-bond donors (Lipinski definition) is 2. The van der Waals surface area contributed by atoms with Crippen molar-refractivity contribution in [1.82, 2.24) is 0 Å². The second kappa shape index (κ2) is 6.65. The Labute approximate surface area is 106 Å². The second-order valence-electron chi connectivity index (χ2n) is 4.92. The molecule has 0 aromatic heterocycles. The van der Waals surface area contributed by atoms with Gasteiger partial charge in [0.1, 0.15) is 0 Å². The molecule has 0 atom stereocenters. The Kier molecular flexibility index (Phi) is 5.49. The van der Waals surface area contributed by atoms with E-state index in [-0.39, 0.29) is 5.54 Å². The summed E-state index contributed by atoms with van der Waals surface area (Å²) in [6.45, 7) is 7.28. The highest BCUT2D eigenvalue weighted by molar-refractivity contribution is 5.52.